The number of aromatic nitrogens is 2. The number of benzene rings is 1. The van der Waals surface area contributed by atoms with Crippen LogP contribution in [-0.4, -0.2) is 77.9 Å². The summed E-state index contributed by atoms with van der Waals surface area (Å²) in [6.07, 6.45) is 0.567. The van der Waals surface area contributed by atoms with Gasteiger partial charge in [0.25, 0.3) is 0 Å². The van der Waals surface area contributed by atoms with E-state index in [1.54, 1.807) is 24.1 Å². The summed E-state index contributed by atoms with van der Waals surface area (Å²) in [6, 6.07) is 6.28. The number of hydrogen-bond acceptors (Lipinski definition) is 7. The largest absolute Gasteiger partial charge is 0.340 e. The molecule has 2 aliphatic rings. The molecular formula is C19H23FN4O3S2. The van der Waals surface area contributed by atoms with Crippen molar-refractivity contribution in [2.24, 2.45) is 0 Å². The topological polar surface area (TPSA) is 83.5 Å². The molecule has 7 nitrogen and oxygen atoms in total. The van der Waals surface area contributed by atoms with E-state index in [9.17, 15) is 17.6 Å². The Bertz CT molecular complexity index is 966. The van der Waals surface area contributed by atoms with Crippen molar-refractivity contribution in [3.63, 3.8) is 0 Å². The Morgan fingerprint density at radius 1 is 1.28 bits per heavy atom. The maximum atomic E-state index is 13.4. The lowest BCUT2D eigenvalue weighted by molar-refractivity contribution is -0.131. The van der Waals surface area contributed by atoms with Gasteiger partial charge in [-0.15, -0.1) is 5.10 Å². The van der Waals surface area contributed by atoms with Crippen molar-refractivity contribution in [3.05, 3.63) is 46.7 Å². The van der Waals surface area contributed by atoms with E-state index in [-0.39, 0.29) is 47.7 Å². The molecule has 1 aromatic carbocycles. The van der Waals surface area contributed by atoms with E-state index in [0.717, 1.165) is 11.3 Å². The highest BCUT2D eigenvalue weighted by atomic mass is 32.2. The van der Waals surface area contributed by atoms with Crippen molar-refractivity contribution < 1.29 is 17.6 Å². The van der Waals surface area contributed by atoms with E-state index in [0.29, 0.717) is 19.5 Å². The number of halogens is 1. The molecule has 0 N–H and O–H groups in total. The Morgan fingerprint density at radius 3 is 2.62 bits per heavy atom. The number of rotatable bonds is 5. The number of carbonyl (C=O) groups is 1. The van der Waals surface area contributed by atoms with E-state index >= 15 is 0 Å². The first-order valence-electron chi connectivity index (χ1n) is 9.53. The minimum atomic E-state index is -2.99. The van der Waals surface area contributed by atoms with Crippen LogP contribution in [0.15, 0.2) is 29.6 Å². The van der Waals surface area contributed by atoms with Crippen LogP contribution in [-0.2, 0) is 14.6 Å². The van der Waals surface area contributed by atoms with Gasteiger partial charge in [0.1, 0.15) is 5.82 Å². The molecule has 0 saturated carbocycles. The molecule has 1 aromatic heterocycles. The molecule has 10 heteroatoms. The monoisotopic (exact) mass is 438 g/mol. The molecule has 3 heterocycles. The van der Waals surface area contributed by atoms with Gasteiger partial charge in [0.15, 0.2) is 9.84 Å². The molecule has 2 fully saturated rings. The average molecular weight is 439 g/mol. The van der Waals surface area contributed by atoms with Crippen LogP contribution in [0.4, 0.5) is 4.39 Å². The first-order chi connectivity index (χ1) is 13.8. The zero-order valence-electron chi connectivity index (χ0n) is 16.1. The van der Waals surface area contributed by atoms with Gasteiger partial charge in [-0.25, -0.2) is 12.8 Å². The molecule has 1 amide bonds. The summed E-state index contributed by atoms with van der Waals surface area (Å²) in [5.41, 5.74) is 1.81. The summed E-state index contributed by atoms with van der Waals surface area (Å²) < 4.78 is 40.8. The molecule has 4 rings (SSSR count). The Morgan fingerprint density at radius 2 is 2.00 bits per heavy atom. The van der Waals surface area contributed by atoms with E-state index in [1.807, 2.05) is 10.3 Å². The minimum absolute atomic E-state index is 0.000302. The SMILES string of the molecule is CN(CC(=O)N1C[C@@H](c2ccc(F)cc2)[C@H](c2csnn2)C1)[C@@H]1CCS(=O)(=O)C1. The number of hydrogen-bond donors (Lipinski definition) is 0. The lowest BCUT2D eigenvalue weighted by Gasteiger charge is -2.25. The highest BCUT2D eigenvalue weighted by Crippen LogP contribution is 2.39. The summed E-state index contributed by atoms with van der Waals surface area (Å²) >= 11 is 1.27. The highest BCUT2D eigenvalue weighted by molar-refractivity contribution is 7.91. The summed E-state index contributed by atoms with van der Waals surface area (Å²) in [7, 11) is -1.19. The van der Waals surface area contributed by atoms with Crippen molar-refractivity contribution >= 4 is 27.3 Å². The van der Waals surface area contributed by atoms with Crippen LogP contribution in [0.25, 0.3) is 0 Å². The molecule has 2 saturated heterocycles. The van der Waals surface area contributed by atoms with Crippen LogP contribution in [0.3, 0.4) is 0 Å². The van der Waals surface area contributed by atoms with Gasteiger partial charge in [-0.3, -0.25) is 9.69 Å². The van der Waals surface area contributed by atoms with Crippen LogP contribution in [0, 0.1) is 5.82 Å². The van der Waals surface area contributed by atoms with Crippen molar-refractivity contribution in [2.45, 2.75) is 24.3 Å². The number of likely N-dealkylation sites (tertiary alicyclic amines) is 1. The average Bonchev–Trinajstić information content (AvgIpc) is 3.40. The van der Waals surface area contributed by atoms with Crippen molar-refractivity contribution in [2.75, 3.05) is 38.2 Å². The molecule has 0 spiro atoms. The predicted octanol–water partition coefficient (Wildman–Crippen LogP) is 1.51. The standard InChI is InChI=1S/C19H23FN4O3S2/c1-23(15-6-7-29(26,27)12-15)10-19(25)24-8-16(13-2-4-14(20)5-3-13)17(9-24)18-11-28-22-21-18/h2-5,11,15-17H,6-10,12H2,1H3/t15-,16+,17-/m1/s1. The number of likely N-dealkylation sites (N-methyl/N-ethyl adjacent to an activating group) is 1. The lowest BCUT2D eigenvalue weighted by atomic mass is 9.87. The fourth-order valence-corrected chi connectivity index (χ4v) is 6.58. The first-order valence-corrected chi connectivity index (χ1v) is 12.2. The van der Waals surface area contributed by atoms with Crippen LogP contribution < -0.4 is 0 Å². The van der Waals surface area contributed by atoms with Gasteiger partial charge in [-0.1, -0.05) is 16.6 Å². The summed E-state index contributed by atoms with van der Waals surface area (Å²) in [5.74, 6) is -0.0108. The molecule has 0 radical (unpaired) electrons. The van der Waals surface area contributed by atoms with Gasteiger partial charge in [0.05, 0.1) is 23.7 Å². The lowest BCUT2D eigenvalue weighted by Crippen LogP contribution is -2.42. The highest BCUT2D eigenvalue weighted by Gasteiger charge is 2.39. The second kappa shape index (κ2) is 8.08. The Balaban J connectivity index is 1.48. The van der Waals surface area contributed by atoms with Gasteiger partial charge in [-0.05, 0) is 42.7 Å². The molecule has 29 heavy (non-hydrogen) atoms. The Labute approximate surface area is 173 Å². The minimum Gasteiger partial charge on any atom is -0.340 e. The number of carbonyl (C=O) groups excluding carboxylic acids is 1. The van der Waals surface area contributed by atoms with Crippen LogP contribution in [0.1, 0.15) is 29.5 Å². The Hall–Kier alpha value is -1.91. The molecule has 0 bridgehead atoms. The summed E-state index contributed by atoms with van der Waals surface area (Å²) in [6.45, 7) is 1.21. The van der Waals surface area contributed by atoms with Crippen molar-refractivity contribution in [1.29, 1.82) is 0 Å². The van der Waals surface area contributed by atoms with E-state index in [1.165, 1.54) is 23.7 Å². The maximum absolute atomic E-state index is 13.4. The number of amides is 1. The van der Waals surface area contributed by atoms with Gasteiger partial charge in [0.2, 0.25) is 5.91 Å². The molecule has 156 valence electrons. The quantitative estimate of drug-likeness (QED) is 0.704. The number of nitrogens with zero attached hydrogens (tertiary/aromatic N) is 4. The molecular weight excluding hydrogens is 415 g/mol. The van der Waals surface area contributed by atoms with Gasteiger partial charge < -0.3 is 4.90 Å². The van der Waals surface area contributed by atoms with E-state index < -0.39 is 9.84 Å². The van der Waals surface area contributed by atoms with Crippen LogP contribution in [0.5, 0.6) is 0 Å². The third-order valence-corrected chi connectivity index (χ3v) is 8.22. The van der Waals surface area contributed by atoms with Gasteiger partial charge >= 0.3 is 0 Å². The van der Waals surface area contributed by atoms with Gasteiger partial charge in [0, 0.05) is 36.3 Å². The zero-order valence-corrected chi connectivity index (χ0v) is 17.7. The third-order valence-electron chi connectivity index (χ3n) is 5.94. The summed E-state index contributed by atoms with van der Waals surface area (Å²) in [4.78, 5) is 16.6. The second-order valence-electron chi connectivity index (χ2n) is 7.87. The number of sulfone groups is 1. The predicted molar refractivity (Wildman–Crippen MR) is 108 cm³/mol. The van der Waals surface area contributed by atoms with Crippen molar-refractivity contribution in [1.82, 2.24) is 19.4 Å². The Kier molecular flexibility index (Phi) is 5.67. The van der Waals surface area contributed by atoms with Crippen LogP contribution >= 0.6 is 11.5 Å². The maximum Gasteiger partial charge on any atom is 0.236 e. The fraction of sp³-hybridized carbons (Fsp3) is 0.526. The molecule has 2 aromatic rings. The van der Waals surface area contributed by atoms with Gasteiger partial charge in [-0.2, -0.15) is 0 Å². The molecule has 0 aliphatic carbocycles. The first kappa shape index (κ1) is 20.4. The molecule has 0 unspecified atom stereocenters. The second-order valence-corrected chi connectivity index (χ2v) is 10.7. The normalized spacial score (nSPS) is 26.3. The fourth-order valence-electron chi connectivity index (χ4n) is 4.25. The molecule has 3 atom stereocenters. The smallest absolute Gasteiger partial charge is 0.236 e. The van der Waals surface area contributed by atoms with E-state index in [4.69, 9.17) is 0 Å². The van der Waals surface area contributed by atoms with Crippen LogP contribution in [0.2, 0.25) is 0 Å². The van der Waals surface area contributed by atoms with E-state index in [2.05, 4.69) is 9.59 Å². The van der Waals surface area contributed by atoms with Crippen molar-refractivity contribution in [3.8, 4) is 0 Å². The zero-order chi connectivity index (χ0) is 20.6. The third kappa shape index (κ3) is 4.49. The molecule has 2 aliphatic heterocycles. The summed E-state index contributed by atoms with van der Waals surface area (Å²) in [5, 5.41) is 6.10.